The van der Waals surface area contributed by atoms with Crippen LogP contribution in [0.5, 0.6) is 0 Å². The van der Waals surface area contributed by atoms with Gasteiger partial charge in [-0.05, 0) is 19.8 Å². The Morgan fingerprint density at radius 3 is 2.95 bits per heavy atom. The van der Waals surface area contributed by atoms with Gasteiger partial charge in [0.2, 0.25) is 5.03 Å². The predicted octanol–water partition coefficient (Wildman–Crippen LogP) is -0.126. The second-order valence-electron chi connectivity index (χ2n) is 4.32. The SMILES string of the molecule is Cc1[nH]nc(S(=O)(=O)NCC2CCCO2)c1C(=O)O. The minimum absolute atomic E-state index is 0.118. The fraction of sp³-hybridized carbons (Fsp3) is 0.600. The first kappa shape index (κ1) is 14.0. The number of ether oxygens (including phenoxy) is 1. The molecule has 0 spiro atoms. The standard InChI is InChI=1S/C10H15N3O5S/c1-6-8(10(14)15)9(13-12-6)19(16,17)11-5-7-3-2-4-18-7/h7,11H,2-5H2,1H3,(H,12,13)(H,14,15). The quantitative estimate of drug-likeness (QED) is 0.694. The number of aromatic amines is 1. The lowest BCUT2D eigenvalue weighted by Crippen LogP contribution is -2.32. The van der Waals surface area contributed by atoms with Crippen molar-refractivity contribution in [3.8, 4) is 0 Å². The van der Waals surface area contributed by atoms with Gasteiger partial charge >= 0.3 is 5.97 Å². The van der Waals surface area contributed by atoms with Crippen LogP contribution in [0.25, 0.3) is 0 Å². The zero-order valence-electron chi connectivity index (χ0n) is 10.3. The van der Waals surface area contributed by atoms with E-state index in [0.29, 0.717) is 6.61 Å². The highest BCUT2D eigenvalue weighted by Gasteiger charge is 2.29. The summed E-state index contributed by atoms with van der Waals surface area (Å²) in [6, 6.07) is 0. The number of sulfonamides is 1. The van der Waals surface area contributed by atoms with E-state index in [4.69, 9.17) is 9.84 Å². The van der Waals surface area contributed by atoms with Crippen LogP contribution in [0.2, 0.25) is 0 Å². The lowest BCUT2D eigenvalue weighted by atomic mass is 10.2. The van der Waals surface area contributed by atoms with E-state index in [9.17, 15) is 13.2 Å². The maximum absolute atomic E-state index is 12.0. The Morgan fingerprint density at radius 2 is 2.37 bits per heavy atom. The number of nitrogens with one attached hydrogen (secondary N) is 2. The van der Waals surface area contributed by atoms with Crippen LogP contribution >= 0.6 is 0 Å². The van der Waals surface area contributed by atoms with E-state index >= 15 is 0 Å². The Morgan fingerprint density at radius 1 is 1.63 bits per heavy atom. The average Bonchev–Trinajstić information content (AvgIpc) is 2.95. The van der Waals surface area contributed by atoms with Crippen molar-refractivity contribution in [1.82, 2.24) is 14.9 Å². The molecule has 0 saturated carbocycles. The Labute approximate surface area is 110 Å². The third kappa shape index (κ3) is 2.94. The molecule has 1 aliphatic heterocycles. The molecule has 1 aromatic rings. The normalized spacial score (nSPS) is 19.7. The number of aromatic carboxylic acids is 1. The van der Waals surface area contributed by atoms with Crippen LogP contribution in [-0.2, 0) is 14.8 Å². The number of carboxylic acids is 1. The van der Waals surface area contributed by atoms with Crippen LogP contribution in [0.15, 0.2) is 5.03 Å². The van der Waals surface area contributed by atoms with E-state index in [2.05, 4.69) is 14.9 Å². The number of hydrogen-bond acceptors (Lipinski definition) is 5. The zero-order chi connectivity index (χ0) is 14.0. The van der Waals surface area contributed by atoms with Gasteiger partial charge in [-0.25, -0.2) is 17.9 Å². The molecule has 9 heteroatoms. The summed E-state index contributed by atoms with van der Waals surface area (Å²) in [5.41, 5.74) is -0.134. The largest absolute Gasteiger partial charge is 0.478 e. The van der Waals surface area contributed by atoms with Crippen LogP contribution in [0.3, 0.4) is 0 Å². The summed E-state index contributed by atoms with van der Waals surface area (Å²) >= 11 is 0. The molecule has 8 nitrogen and oxygen atoms in total. The molecule has 1 fully saturated rings. The molecule has 106 valence electrons. The van der Waals surface area contributed by atoms with Gasteiger partial charge in [0.05, 0.1) is 6.10 Å². The van der Waals surface area contributed by atoms with Crippen molar-refractivity contribution >= 4 is 16.0 Å². The molecule has 19 heavy (non-hydrogen) atoms. The first-order chi connectivity index (χ1) is 8.92. The summed E-state index contributed by atoms with van der Waals surface area (Å²) in [4.78, 5) is 11.0. The van der Waals surface area contributed by atoms with E-state index in [1.807, 2.05) is 0 Å². The van der Waals surface area contributed by atoms with Crippen LogP contribution < -0.4 is 4.72 Å². The fourth-order valence-electron chi connectivity index (χ4n) is 1.93. The predicted molar refractivity (Wildman–Crippen MR) is 64.4 cm³/mol. The summed E-state index contributed by atoms with van der Waals surface area (Å²) in [6.07, 6.45) is 1.52. The minimum atomic E-state index is -3.96. The Bertz CT molecular complexity index is 574. The number of rotatable bonds is 5. The molecule has 2 heterocycles. The molecule has 0 aliphatic carbocycles. The van der Waals surface area contributed by atoms with Gasteiger partial charge in [-0.1, -0.05) is 0 Å². The third-order valence-electron chi connectivity index (χ3n) is 2.91. The zero-order valence-corrected chi connectivity index (χ0v) is 11.2. The third-order valence-corrected chi connectivity index (χ3v) is 4.26. The smallest absolute Gasteiger partial charge is 0.340 e. The Hall–Kier alpha value is -1.45. The van der Waals surface area contributed by atoms with Gasteiger partial charge < -0.3 is 9.84 Å². The molecule has 0 bridgehead atoms. The average molecular weight is 289 g/mol. The summed E-state index contributed by atoms with van der Waals surface area (Å²) in [7, 11) is -3.96. The van der Waals surface area contributed by atoms with Gasteiger partial charge in [0.15, 0.2) is 0 Å². The molecule has 0 aromatic carbocycles. The summed E-state index contributed by atoms with van der Waals surface area (Å²) in [5.74, 6) is -1.33. The number of H-pyrrole nitrogens is 1. The molecule has 1 unspecified atom stereocenters. The number of aryl methyl sites for hydroxylation is 1. The van der Waals surface area contributed by atoms with E-state index in [-0.39, 0.29) is 23.9 Å². The molecular weight excluding hydrogens is 274 g/mol. The molecule has 0 radical (unpaired) electrons. The van der Waals surface area contributed by atoms with Crippen molar-refractivity contribution in [3.63, 3.8) is 0 Å². The maximum atomic E-state index is 12.0. The molecule has 1 aromatic heterocycles. The lowest BCUT2D eigenvalue weighted by molar-refractivity contribution is 0.0692. The number of carbonyl (C=O) groups is 1. The highest BCUT2D eigenvalue weighted by atomic mass is 32.2. The molecule has 2 rings (SSSR count). The highest BCUT2D eigenvalue weighted by molar-refractivity contribution is 7.89. The number of carboxylic acid groups (broad SMARTS) is 1. The topological polar surface area (TPSA) is 121 Å². The van der Waals surface area contributed by atoms with E-state index < -0.39 is 21.0 Å². The molecule has 1 aliphatic rings. The second-order valence-corrected chi connectivity index (χ2v) is 6.00. The second kappa shape index (κ2) is 5.27. The van der Waals surface area contributed by atoms with Gasteiger partial charge in [0.25, 0.3) is 10.0 Å². The molecule has 3 N–H and O–H groups in total. The molecule has 1 atom stereocenters. The summed E-state index contributed by atoms with van der Waals surface area (Å²) in [5, 5.41) is 14.4. The van der Waals surface area contributed by atoms with Gasteiger partial charge in [0.1, 0.15) is 5.56 Å². The first-order valence-electron chi connectivity index (χ1n) is 5.81. The number of hydrogen-bond donors (Lipinski definition) is 3. The summed E-state index contributed by atoms with van der Waals surface area (Å²) < 4.78 is 31.7. The number of aromatic nitrogens is 2. The Kier molecular flexibility index (Phi) is 3.88. The first-order valence-corrected chi connectivity index (χ1v) is 7.29. The monoisotopic (exact) mass is 289 g/mol. The minimum Gasteiger partial charge on any atom is -0.478 e. The van der Waals surface area contributed by atoms with Crippen molar-refractivity contribution in [2.24, 2.45) is 0 Å². The molecule has 0 amide bonds. The maximum Gasteiger partial charge on any atom is 0.340 e. The van der Waals surface area contributed by atoms with Crippen LogP contribution in [0.1, 0.15) is 28.9 Å². The van der Waals surface area contributed by atoms with Gasteiger partial charge in [0, 0.05) is 18.8 Å². The van der Waals surface area contributed by atoms with Crippen molar-refractivity contribution in [2.45, 2.75) is 30.9 Å². The van der Waals surface area contributed by atoms with Crippen LogP contribution in [0.4, 0.5) is 0 Å². The van der Waals surface area contributed by atoms with Gasteiger partial charge in [-0.15, -0.1) is 0 Å². The molecular formula is C10H15N3O5S. The molecule has 1 saturated heterocycles. The van der Waals surface area contributed by atoms with E-state index in [1.54, 1.807) is 0 Å². The van der Waals surface area contributed by atoms with Crippen molar-refractivity contribution in [3.05, 3.63) is 11.3 Å². The Balaban J connectivity index is 2.17. The van der Waals surface area contributed by atoms with Gasteiger partial charge in [-0.3, -0.25) is 5.10 Å². The van der Waals surface area contributed by atoms with Crippen LogP contribution in [-0.4, -0.2) is 48.9 Å². The summed E-state index contributed by atoms with van der Waals surface area (Å²) in [6.45, 7) is 2.19. The number of nitrogens with zero attached hydrogens (tertiary/aromatic N) is 1. The van der Waals surface area contributed by atoms with Crippen molar-refractivity contribution < 1.29 is 23.1 Å². The van der Waals surface area contributed by atoms with E-state index in [1.165, 1.54) is 6.92 Å². The van der Waals surface area contributed by atoms with Crippen molar-refractivity contribution in [2.75, 3.05) is 13.2 Å². The van der Waals surface area contributed by atoms with Crippen molar-refractivity contribution in [1.29, 1.82) is 0 Å². The highest BCUT2D eigenvalue weighted by Crippen LogP contribution is 2.17. The van der Waals surface area contributed by atoms with Crippen LogP contribution in [0, 0.1) is 6.92 Å². The van der Waals surface area contributed by atoms with E-state index in [0.717, 1.165) is 12.8 Å². The lowest BCUT2D eigenvalue weighted by Gasteiger charge is -2.10. The fourth-order valence-corrected chi connectivity index (χ4v) is 3.15. The van der Waals surface area contributed by atoms with Gasteiger partial charge in [-0.2, -0.15) is 5.10 Å².